The molecule has 0 saturated heterocycles. The molecule has 104 valence electrons. The van der Waals surface area contributed by atoms with Crippen molar-refractivity contribution in [3.05, 3.63) is 64.7 Å². The Hall–Kier alpha value is -1.61. The summed E-state index contributed by atoms with van der Waals surface area (Å²) in [6.45, 7) is 0.674. The van der Waals surface area contributed by atoms with Gasteiger partial charge in [-0.3, -0.25) is 0 Å². The molecule has 0 radical (unpaired) electrons. The van der Waals surface area contributed by atoms with Crippen LogP contribution in [0.2, 0.25) is 0 Å². The fourth-order valence-corrected chi connectivity index (χ4v) is 2.72. The first-order valence-corrected chi connectivity index (χ1v) is 6.91. The van der Waals surface area contributed by atoms with Crippen LogP contribution in [0.5, 0.6) is 5.75 Å². The third kappa shape index (κ3) is 2.50. The van der Waals surface area contributed by atoms with Crippen molar-refractivity contribution in [2.75, 3.05) is 6.61 Å². The number of rotatable bonds is 3. The lowest BCUT2D eigenvalue weighted by Gasteiger charge is -2.12. The second-order valence-corrected chi connectivity index (χ2v) is 5.36. The lowest BCUT2D eigenvalue weighted by atomic mass is 10.0. The van der Waals surface area contributed by atoms with Crippen LogP contribution in [0.15, 0.2) is 36.4 Å². The van der Waals surface area contributed by atoms with E-state index in [2.05, 4.69) is 0 Å². The summed E-state index contributed by atoms with van der Waals surface area (Å²) in [7, 11) is 0. The normalized spacial score (nSPS) is 14.8. The van der Waals surface area contributed by atoms with E-state index in [-0.39, 0.29) is 12.0 Å². The number of alkyl halides is 1. The fourth-order valence-electron chi connectivity index (χ4n) is 2.43. The van der Waals surface area contributed by atoms with Crippen LogP contribution in [0.1, 0.15) is 22.1 Å². The Kier molecular flexibility index (Phi) is 3.62. The van der Waals surface area contributed by atoms with Crippen LogP contribution in [0.4, 0.5) is 8.78 Å². The van der Waals surface area contributed by atoms with Crippen molar-refractivity contribution in [1.82, 2.24) is 0 Å². The molecule has 0 aromatic heterocycles. The average molecular weight is 295 g/mol. The van der Waals surface area contributed by atoms with E-state index in [9.17, 15) is 8.78 Å². The van der Waals surface area contributed by atoms with Gasteiger partial charge in [0.2, 0.25) is 0 Å². The molecule has 1 nitrogen and oxygen atoms in total. The third-order valence-corrected chi connectivity index (χ3v) is 3.93. The zero-order valence-electron chi connectivity index (χ0n) is 10.7. The molecular formula is C16H13ClF2O. The van der Waals surface area contributed by atoms with Crippen LogP contribution >= 0.6 is 11.6 Å². The molecule has 1 aliphatic rings. The van der Waals surface area contributed by atoms with Crippen molar-refractivity contribution < 1.29 is 13.5 Å². The number of fused-ring (bicyclic) bond motifs is 1. The molecule has 1 aliphatic heterocycles. The third-order valence-electron chi connectivity index (χ3n) is 3.52. The summed E-state index contributed by atoms with van der Waals surface area (Å²) in [6, 6.07) is 9.52. The molecule has 0 spiro atoms. The van der Waals surface area contributed by atoms with Crippen molar-refractivity contribution in [1.29, 1.82) is 0 Å². The molecule has 20 heavy (non-hydrogen) atoms. The number of hydrogen-bond acceptors (Lipinski definition) is 1. The monoisotopic (exact) mass is 294 g/mol. The summed E-state index contributed by atoms with van der Waals surface area (Å²) in [5.74, 6) is -0.241. The second-order valence-electron chi connectivity index (χ2n) is 4.84. The van der Waals surface area contributed by atoms with E-state index in [1.807, 2.05) is 18.2 Å². The molecule has 0 bridgehead atoms. The van der Waals surface area contributed by atoms with Gasteiger partial charge in [0.15, 0.2) is 0 Å². The quantitative estimate of drug-likeness (QED) is 0.761. The Bertz CT molecular complexity index is 622. The van der Waals surface area contributed by atoms with Crippen LogP contribution in [0.3, 0.4) is 0 Å². The van der Waals surface area contributed by atoms with Crippen LogP contribution in [-0.4, -0.2) is 6.61 Å². The van der Waals surface area contributed by atoms with Crippen LogP contribution < -0.4 is 4.74 Å². The van der Waals surface area contributed by atoms with Gasteiger partial charge in [0, 0.05) is 12.0 Å². The maximum absolute atomic E-state index is 13.6. The summed E-state index contributed by atoms with van der Waals surface area (Å²) in [5.41, 5.74) is 1.99. The maximum atomic E-state index is 13.6. The van der Waals surface area contributed by atoms with Gasteiger partial charge >= 0.3 is 0 Å². The summed E-state index contributed by atoms with van der Waals surface area (Å²) in [5, 5.41) is -0.465. The molecule has 0 fully saturated rings. The van der Waals surface area contributed by atoms with E-state index in [1.165, 1.54) is 18.2 Å². The highest BCUT2D eigenvalue weighted by Gasteiger charge is 2.18. The van der Waals surface area contributed by atoms with Gasteiger partial charge in [-0.1, -0.05) is 18.2 Å². The highest BCUT2D eigenvalue weighted by atomic mass is 35.5. The van der Waals surface area contributed by atoms with E-state index < -0.39 is 17.0 Å². The number of hydrogen-bond donors (Lipinski definition) is 0. The molecule has 2 aromatic rings. The second kappa shape index (κ2) is 5.41. The minimum absolute atomic E-state index is 0.0317. The van der Waals surface area contributed by atoms with Crippen molar-refractivity contribution in [2.45, 2.75) is 18.2 Å². The van der Waals surface area contributed by atoms with Crippen molar-refractivity contribution >= 4 is 11.6 Å². The highest BCUT2D eigenvalue weighted by molar-refractivity contribution is 6.20. The van der Waals surface area contributed by atoms with Gasteiger partial charge in [0.1, 0.15) is 17.4 Å². The summed E-state index contributed by atoms with van der Waals surface area (Å²) >= 11 is 6.31. The largest absolute Gasteiger partial charge is 0.493 e. The Morgan fingerprint density at radius 3 is 2.65 bits per heavy atom. The van der Waals surface area contributed by atoms with Gasteiger partial charge in [-0.15, -0.1) is 11.6 Å². The molecular weight excluding hydrogens is 282 g/mol. The molecule has 3 rings (SSSR count). The zero-order chi connectivity index (χ0) is 14.1. The Balaban J connectivity index is 1.84. The van der Waals surface area contributed by atoms with Gasteiger partial charge in [-0.05, 0) is 35.7 Å². The van der Waals surface area contributed by atoms with Crippen LogP contribution in [0, 0.1) is 11.6 Å². The first-order valence-electron chi connectivity index (χ1n) is 6.48. The predicted octanol–water partition coefficient (Wildman–Crippen LogP) is 4.42. The molecule has 2 aromatic carbocycles. The van der Waals surface area contributed by atoms with E-state index in [1.54, 1.807) is 0 Å². The van der Waals surface area contributed by atoms with Crippen molar-refractivity contribution in [3.8, 4) is 5.75 Å². The van der Waals surface area contributed by atoms with Crippen LogP contribution in [-0.2, 0) is 12.8 Å². The van der Waals surface area contributed by atoms with E-state index in [0.29, 0.717) is 6.61 Å². The van der Waals surface area contributed by atoms with Gasteiger partial charge in [-0.25, -0.2) is 8.78 Å². The van der Waals surface area contributed by atoms with Gasteiger partial charge in [0.25, 0.3) is 0 Å². The molecule has 1 unspecified atom stereocenters. The van der Waals surface area contributed by atoms with Crippen LogP contribution in [0.25, 0.3) is 0 Å². The molecule has 0 aliphatic carbocycles. The first-order chi connectivity index (χ1) is 9.65. The van der Waals surface area contributed by atoms with Gasteiger partial charge in [-0.2, -0.15) is 0 Å². The summed E-state index contributed by atoms with van der Waals surface area (Å²) < 4.78 is 32.7. The lowest BCUT2D eigenvalue weighted by molar-refractivity contribution is 0.357. The SMILES string of the molecule is Fc1cccc(F)c1CC(Cl)c1ccc2c(c1)CCO2. The fraction of sp³-hybridized carbons (Fsp3) is 0.250. The molecule has 0 amide bonds. The minimum atomic E-state index is -0.555. The van der Waals surface area contributed by atoms with Gasteiger partial charge in [0.05, 0.1) is 12.0 Å². The maximum Gasteiger partial charge on any atom is 0.129 e. The zero-order valence-corrected chi connectivity index (χ0v) is 11.5. The Labute approximate surface area is 121 Å². The van der Waals surface area contributed by atoms with Crippen molar-refractivity contribution in [2.24, 2.45) is 0 Å². The topological polar surface area (TPSA) is 9.23 Å². The first kappa shape index (κ1) is 13.4. The van der Waals surface area contributed by atoms with E-state index in [0.717, 1.165) is 23.3 Å². The van der Waals surface area contributed by atoms with E-state index >= 15 is 0 Å². The molecule has 0 N–H and O–H groups in total. The predicted molar refractivity (Wildman–Crippen MR) is 74.3 cm³/mol. The summed E-state index contributed by atoms with van der Waals surface area (Å²) in [6.07, 6.45) is 0.973. The summed E-state index contributed by atoms with van der Waals surface area (Å²) in [4.78, 5) is 0. The minimum Gasteiger partial charge on any atom is -0.493 e. The molecule has 0 saturated carbocycles. The highest BCUT2D eigenvalue weighted by Crippen LogP contribution is 2.32. The Morgan fingerprint density at radius 1 is 1.15 bits per heavy atom. The number of benzene rings is 2. The molecule has 1 heterocycles. The number of ether oxygens (including phenoxy) is 1. The molecule has 4 heteroatoms. The van der Waals surface area contributed by atoms with E-state index in [4.69, 9.17) is 16.3 Å². The standard InChI is InChI=1S/C16H13ClF2O/c17-13(9-12-14(18)2-1-3-15(12)19)10-4-5-16-11(8-10)6-7-20-16/h1-5,8,13H,6-7,9H2. The number of halogens is 3. The van der Waals surface area contributed by atoms with Crippen molar-refractivity contribution in [3.63, 3.8) is 0 Å². The lowest BCUT2D eigenvalue weighted by Crippen LogP contribution is -2.02. The molecule has 1 atom stereocenters. The van der Waals surface area contributed by atoms with Gasteiger partial charge < -0.3 is 4.74 Å². The Morgan fingerprint density at radius 2 is 1.90 bits per heavy atom. The average Bonchev–Trinajstić information content (AvgIpc) is 2.90. The smallest absolute Gasteiger partial charge is 0.129 e.